The number of amides is 1. The first-order valence-electron chi connectivity index (χ1n) is 6.99. The highest BCUT2D eigenvalue weighted by Crippen LogP contribution is 2.32. The van der Waals surface area contributed by atoms with E-state index in [4.69, 9.17) is 5.10 Å². The fraction of sp³-hybridized carbons (Fsp3) is 0.600. The molecule has 2 atom stereocenters. The standard InChI is InChI=1S/C15H22BrN3O/c1-10(2)19(7-6-12(4)18-19)9-13-11(3)8-15(5,16)17-14(13)20/h6-7,10H,8-9H2,1-5H3/p+1. The molecule has 5 heteroatoms. The molecule has 0 aromatic rings. The van der Waals surface area contributed by atoms with E-state index in [1.807, 2.05) is 26.8 Å². The van der Waals surface area contributed by atoms with Crippen molar-refractivity contribution in [2.24, 2.45) is 5.10 Å². The Hall–Kier alpha value is -0.940. The Balaban J connectivity index is 2.33. The lowest BCUT2D eigenvalue weighted by Gasteiger charge is -2.35. The largest absolute Gasteiger partial charge is 0.337 e. The monoisotopic (exact) mass is 340 g/mol. The second kappa shape index (κ2) is 5.11. The van der Waals surface area contributed by atoms with E-state index in [9.17, 15) is 4.79 Å². The summed E-state index contributed by atoms with van der Waals surface area (Å²) in [4.78, 5) is 12.4. The summed E-state index contributed by atoms with van der Waals surface area (Å²) < 4.78 is 0.144. The third-order valence-corrected chi connectivity index (χ3v) is 4.46. The van der Waals surface area contributed by atoms with E-state index in [1.165, 1.54) is 0 Å². The molecule has 0 radical (unpaired) electrons. The van der Waals surface area contributed by atoms with Crippen molar-refractivity contribution in [3.8, 4) is 0 Å². The van der Waals surface area contributed by atoms with Gasteiger partial charge >= 0.3 is 0 Å². The Kier molecular flexibility index (Phi) is 3.95. The van der Waals surface area contributed by atoms with E-state index in [-0.39, 0.29) is 10.4 Å². The molecule has 1 N–H and O–H groups in total. The van der Waals surface area contributed by atoms with Crippen LogP contribution < -0.4 is 5.32 Å². The van der Waals surface area contributed by atoms with Crippen molar-refractivity contribution in [1.82, 2.24) is 5.32 Å². The summed E-state index contributed by atoms with van der Waals surface area (Å²) in [7, 11) is 0. The van der Waals surface area contributed by atoms with Crippen LogP contribution in [0.1, 0.15) is 41.0 Å². The second-order valence-electron chi connectivity index (χ2n) is 6.28. The van der Waals surface area contributed by atoms with Gasteiger partial charge in [0.05, 0.1) is 15.7 Å². The Bertz CT molecular complexity index is 531. The van der Waals surface area contributed by atoms with Crippen molar-refractivity contribution < 1.29 is 9.39 Å². The van der Waals surface area contributed by atoms with Crippen LogP contribution in [0.4, 0.5) is 0 Å². The molecular weight excluding hydrogens is 318 g/mol. The van der Waals surface area contributed by atoms with E-state index in [0.717, 1.165) is 23.3 Å². The number of hydrogen-bond acceptors (Lipinski definition) is 2. The van der Waals surface area contributed by atoms with Crippen molar-refractivity contribution in [3.63, 3.8) is 0 Å². The van der Waals surface area contributed by atoms with Crippen LogP contribution in [0.2, 0.25) is 0 Å². The van der Waals surface area contributed by atoms with Gasteiger partial charge in [0, 0.05) is 12.5 Å². The number of hydrogen-bond donors (Lipinski definition) is 1. The summed E-state index contributed by atoms with van der Waals surface area (Å²) in [6, 6.07) is 0.300. The maximum absolute atomic E-state index is 12.4. The number of quaternary nitrogens is 1. The molecule has 0 bridgehead atoms. The third kappa shape index (κ3) is 2.88. The van der Waals surface area contributed by atoms with Crippen molar-refractivity contribution in [1.29, 1.82) is 0 Å². The lowest BCUT2D eigenvalue weighted by molar-refractivity contribution is -0.900. The van der Waals surface area contributed by atoms with Crippen LogP contribution in [0.15, 0.2) is 28.5 Å². The molecule has 0 fully saturated rings. The summed E-state index contributed by atoms with van der Waals surface area (Å²) in [5, 5.41) is 7.75. The zero-order chi connectivity index (χ0) is 15.1. The van der Waals surface area contributed by atoms with E-state index in [2.05, 4.69) is 41.3 Å². The molecule has 2 aliphatic rings. The summed E-state index contributed by atoms with van der Waals surface area (Å²) in [6.07, 6.45) is 4.94. The van der Waals surface area contributed by atoms with Crippen molar-refractivity contribution in [3.05, 3.63) is 23.4 Å². The van der Waals surface area contributed by atoms with Gasteiger partial charge in [0.25, 0.3) is 5.91 Å². The Labute approximate surface area is 129 Å². The highest BCUT2D eigenvalue weighted by Gasteiger charge is 2.40. The minimum absolute atomic E-state index is 0.0134. The minimum Gasteiger partial charge on any atom is -0.337 e. The SMILES string of the molecule is CC1=N[N+](CC2=C(C)CC(C)(Br)NC2=O)(C(C)C)C=C1. The highest BCUT2D eigenvalue weighted by molar-refractivity contribution is 9.10. The average Bonchev–Trinajstić information content (AvgIpc) is 2.65. The van der Waals surface area contributed by atoms with Gasteiger partial charge in [-0.1, -0.05) is 26.6 Å². The van der Waals surface area contributed by atoms with Gasteiger partial charge < -0.3 is 5.32 Å². The summed E-state index contributed by atoms with van der Waals surface area (Å²) in [5.41, 5.74) is 3.01. The Morgan fingerprint density at radius 1 is 1.50 bits per heavy atom. The first kappa shape index (κ1) is 15.4. The molecule has 2 unspecified atom stereocenters. The third-order valence-electron chi connectivity index (χ3n) is 3.98. The minimum atomic E-state index is -0.333. The van der Waals surface area contributed by atoms with E-state index >= 15 is 0 Å². The molecule has 4 nitrogen and oxygen atoms in total. The van der Waals surface area contributed by atoms with Gasteiger partial charge in [0.2, 0.25) is 0 Å². The molecule has 0 spiro atoms. The van der Waals surface area contributed by atoms with Crippen LogP contribution in [0.25, 0.3) is 0 Å². The van der Waals surface area contributed by atoms with Crippen molar-refractivity contribution >= 4 is 27.5 Å². The van der Waals surface area contributed by atoms with Crippen LogP contribution in [0.5, 0.6) is 0 Å². The van der Waals surface area contributed by atoms with Gasteiger partial charge in [-0.15, -0.1) is 0 Å². The first-order valence-corrected chi connectivity index (χ1v) is 7.78. The van der Waals surface area contributed by atoms with E-state index in [1.54, 1.807) is 0 Å². The number of halogens is 1. The Morgan fingerprint density at radius 3 is 2.60 bits per heavy atom. The fourth-order valence-corrected chi connectivity index (χ4v) is 3.37. The summed E-state index contributed by atoms with van der Waals surface area (Å²) in [6.45, 7) is 10.9. The van der Waals surface area contributed by atoms with Crippen LogP contribution in [0, 0.1) is 0 Å². The van der Waals surface area contributed by atoms with Gasteiger partial charge in [-0.25, -0.2) is 0 Å². The molecule has 0 aliphatic carbocycles. The number of nitrogens with one attached hydrogen (secondary N) is 1. The first-order chi connectivity index (χ1) is 9.15. The van der Waals surface area contributed by atoms with Crippen LogP contribution in [-0.4, -0.2) is 33.2 Å². The average molecular weight is 341 g/mol. The lowest BCUT2D eigenvalue weighted by atomic mass is 9.96. The quantitative estimate of drug-likeness (QED) is 0.478. The Morgan fingerprint density at radius 2 is 2.15 bits per heavy atom. The molecular formula is C15H23BrN3O+. The number of allylic oxidation sites excluding steroid dienone is 1. The molecule has 0 saturated heterocycles. The highest BCUT2D eigenvalue weighted by atomic mass is 79.9. The van der Waals surface area contributed by atoms with Gasteiger partial charge in [-0.05, 0) is 34.6 Å². The molecule has 1 amide bonds. The second-order valence-corrected chi connectivity index (χ2v) is 8.03. The van der Waals surface area contributed by atoms with Gasteiger partial charge in [0.1, 0.15) is 18.8 Å². The molecule has 20 heavy (non-hydrogen) atoms. The number of carbonyl (C=O) groups is 1. The van der Waals surface area contributed by atoms with E-state index < -0.39 is 0 Å². The smallest absolute Gasteiger partial charge is 0.254 e. The van der Waals surface area contributed by atoms with Crippen LogP contribution >= 0.6 is 15.9 Å². The zero-order valence-corrected chi connectivity index (χ0v) is 14.4. The molecule has 0 saturated carbocycles. The zero-order valence-electron chi connectivity index (χ0n) is 12.8. The number of alkyl halides is 1. The van der Waals surface area contributed by atoms with Gasteiger partial charge in [-0.2, -0.15) is 4.59 Å². The van der Waals surface area contributed by atoms with Gasteiger partial charge in [-0.3, -0.25) is 4.79 Å². The summed E-state index contributed by atoms with van der Waals surface area (Å²) >= 11 is 3.55. The number of carbonyl (C=O) groups excluding carboxylic acids is 1. The predicted octanol–water partition coefficient (Wildman–Crippen LogP) is 3.06. The van der Waals surface area contributed by atoms with Crippen molar-refractivity contribution in [2.75, 3.05) is 6.54 Å². The number of nitrogens with zero attached hydrogens (tertiary/aromatic N) is 2. The molecule has 2 heterocycles. The lowest BCUT2D eigenvalue weighted by Crippen LogP contribution is -2.51. The van der Waals surface area contributed by atoms with Gasteiger partial charge in [0.15, 0.2) is 0 Å². The molecule has 0 aromatic carbocycles. The normalized spacial score (nSPS) is 33.8. The fourth-order valence-electron chi connectivity index (χ4n) is 2.77. The topological polar surface area (TPSA) is 41.5 Å². The predicted molar refractivity (Wildman–Crippen MR) is 85.3 cm³/mol. The molecule has 110 valence electrons. The van der Waals surface area contributed by atoms with E-state index in [0.29, 0.717) is 17.2 Å². The number of rotatable bonds is 3. The molecule has 2 aliphatic heterocycles. The molecule has 0 aromatic heterocycles. The van der Waals surface area contributed by atoms with Crippen molar-refractivity contribution in [2.45, 2.75) is 51.5 Å². The summed E-state index contributed by atoms with van der Waals surface area (Å²) in [5.74, 6) is 0.0134. The molecule has 2 rings (SSSR count). The van der Waals surface area contributed by atoms with Crippen LogP contribution in [0.3, 0.4) is 0 Å². The maximum Gasteiger partial charge on any atom is 0.254 e. The maximum atomic E-state index is 12.4. The van der Waals surface area contributed by atoms with Crippen LogP contribution in [-0.2, 0) is 4.79 Å².